The van der Waals surface area contributed by atoms with Crippen molar-refractivity contribution in [2.24, 2.45) is 0 Å². The zero-order valence-corrected chi connectivity index (χ0v) is 15.7. The summed E-state index contributed by atoms with van der Waals surface area (Å²) >= 11 is 0. The average Bonchev–Trinajstić information content (AvgIpc) is 2.67. The molecule has 0 atom stereocenters. The van der Waals surface area contributed by atoms with E-state index in [4.69, 9.17) is 4.98 Å². The summed E-state index contributed by atoms with van der Waals surface area (Å²) in [6.45, 7) is 8.17. The van der Waals surface area contributed by atoms with Crippen LogP contribution in [0.15, 0.2) is 66.9 Å². The maximum Gasteiger partial charge on any atom is 0.227 e. The number of aromatic nitrogens is 2. The molecule has 1 aromatic heterocycles. The predicted molar refractivity (Wildman–Crippen MR) is 109 cm³/mol. The molecule has 1 heterocycles. The third kappa shape index (κ3) is 4.39. The monoisotopic (exact) mass is 346 g/mol. The molecule has 0 saturated carbocycles. The van der Waals surface area contributed by atoms with Crippen LogP contribution in [0.5, 0.6) is 0 Å². The first kappa shape index (κ1) is 17.9. The van der Waals surface area contributed by atoms with E-state index in [1.807, 2.05) is 24.4 Å². The molecule has 0 unspecified atom stereocenters. The van der Waals surface area contributed by atoms with E-state index in [0.717, 1.165) is 30.5 Å². The van der Waals surface area contributed by atoms with Crippen LogP contribution in [0.25, 0.3) is 0 Å². The number of hydrogen-bond acceptors (Lipinski definition) is 4. The lowest BCUT2D eigenvalue weighted by atomic mass is 10.0. The van der Waals surface area contributed by atoms with Gasteiger partial charge in [0.15, 0.2) is 0 Å². The molecule has 0 amide bonds. The summed E-state index contributed by atoms with van der Waals surface area (Å²) in [5.41, 5.74) is 3.63. The van der Waals surface area contributed by atoms with Gasteiger partial charge in [0.25, 0.3) is 0 Å². The first-order valence-electron chi connectivity index (χ1n) is 9.15. The maximum atomic E-state index is 4.74. The van der Waals surface area contributed by atoms with Gasteiger partial charge >= 0.3 is 0 Å². The van der Waals surface area contributed by atoms with Crippen LogP contribution in [0.2, 0.25) is 0 Å². The molecule has 3 rings (SSSR count). The minimum absolute atomic E-state index is 0.449. The highest BCUT2D eigenvalue weighted by Crippen LogP contribution is 2.26. The Morgan fingerprint density at radius 3 is 2.42 bits per heavy atom. The first-order valence-corrected chi connectivity index (χ1v) is 9.15. The fourth-order valence-corrected chi connectivity index (χ4v) is 2.95. The highest BCUT2D eigenvalue weighted by atomic mass is 15.3. The molecule has 2 aromatic carbocycles. The third-order valence-electron chi connectivity index (χ3n) is 4.37. The van der Waals surface area contributed by atoms with Crippen LogP contribution in [0.4, 0.5) is 17.5 Å². The second-order valence-electron chi connectivity index (χ2n) is 6.61. The Balaban J connectivity index is 1.81. The van der Waals surface area contributed by atoms with Crippen molar-refractivity contribution in [2.75, 3.05) is 16.8 Å². The smallest absolute Gasteiger partial charge is 0.227 e. The van der Waals surface area contributed by atoms with Crippen molar-refractivity contribution >= 4 is 17.5 Å². The second-order valence-corrected chi connectivity index (χ2v) is 6.61. The highest BCUT2D eigenvalue weighted by molar-refractivity contribution is 5.62. The SMILES string of the molecule is CCN(Cc1ccccc1)c1nccc(Nc2ccccc2C(C)C)n1. The minimum Gasteiger partial charge on any atom is -0.340 e. The standard InChI is InChI=1S/C22H26N4/c1-4-26(16-18-10-6-5-7-11-18)22-23-15-14-21(25-22)24-20-13-9-8-12-19(20)17(2)3/h5-15,17H,4,16H2,1-3H3,(H,23,24,25). The van der Waals surface area contributed by atoms with Crippen molar-refractivity contribution in [3.8, 4) is 0 Å². The fourth-order valence-electron chi connectivity index (χ4n) is 2.95. The summed E-state index contributed by atoms with van der Waals surface area (Å²) in [5, 5.41) is 3.46. The average molecular weight is 346 g/mol. The largest absolute Gasteiger partial charge is 0.340 e. The van der Waals surface area contributed by atoms with E-state index in [0.29, 0.717) is 5.92 Å². The van der Waals surface area contributed by atoms with E-state index in [9.17, 15) is 0 Å². The Bertz CT molecular complexity index is 830. The number of nitrogens with zero attached hydrogens (tertiary/aromatic N) is 3. The number of nitrogens with one attached hydrogen (secondary N) is 1. The minimum atomic E-state index is 0.449. The summed E-state index contributed by atoms with van der Waals surface area (Å²) in [5.74, 6) is 2.00. The van der Waals surface area contributed by atoms with Crippen molar-refractivity contribution < 1.29 is 0 Å². The zero-order chi connectivity index (χ0) is 18.4. The van der Waals surface area contributed by atoms with Gasteiger partial charge in [-0.1, -0.05) is 62.4 Å². The Labute approximate surface area is 155 Å². The van der Waals surface area contributed by atoms with Crippen LogP contribution >= 0.6 is 0 Å². The van der Waals surface area contributed by atoms with Gasteiger partial charge in [-0.05, 0) is 36.1 Å². The summed E-state index contributed by atoms with van der Waals surface area (Å²) < 4.78 is 0. The molecule has 1 N–H and O–H groups in total. The van der Waals surface area contributed by atoms with Gasteiger partial charge in [-0.3, -0.25) is 0 Å². The van der Waals surface area contributed by atoms with Gasteiger partial charge in [0.2, 0.25) is 5.95 Å². The molecule has 0 bridgehead atoms. The van der Waals surface area contributed by atoms with Crippen LogP contribution < -0.4 is 10.2 Å². The molecule has 0 saturated heterocycles. The molecule has 0 radical (unpaired) electrons. The van der Waals surface area contributed by atoms with E-state index in [2.05, 4.69) is 78.4 Å². The lowest BCUT2D eigenvalue weighted by Gasteiger charge is -2.21. The lowest BCUT2D eigenvalue weighted by Crippen LogP contribution is -2.24. The Kier molecular flexibility index (Phi) is 5.84. The summed E-state index contributed by atoms with van der Waals surface area (Å²) in [4.78, 5) is 11.4. The third-order valence-corrected chi connectivity index (χ3v) is 4.37. The Morgan fingerprint density at radius 1 is 0.962 bits per heavy atom. The number of anilines is 3. The topological polar surface area (TPSA) is 41.1 Å². The number of hydrogen-bond donors (Lipinski definition) is 1. The molecular weight excluding hydrogens is 320 g/mol. The summed E-state index contributed by atoms with van der Waals surface area (Å²) in [6, 6.07) is 20.7. The van der Waals surface area contributed by atoms with E-state index in [1.54, 1.807) is 0 Å². The molecule has 26 heavy (non-hydrogen) atoms. The molecule has 4 nitrogen and oxygen atoms in total. The molecule has 0 fully saturated rings. The highest BCUT2D eigenvalue weighted by Gasteiger charge is 2.11. The van der Waals surface area contributed by atoms with E-state index in [1.165, 1.54) is 11.1 Å². The molecule has 4 heteroatoms. The van der Waals surface area contributed by atoms with Crippen molar-refractivity contribution in [3.05, 3.63) is 78.0 Å². The fraction of sp³-hybridized carbons (Fsp3) is 0.273. The zero-order valence-electron chi connectivity index (χ0n) is 15.7. The normalized spacial score (nSPS) is 10.8. The van der Waals surface area contributed by atoms with E-state index in [-0.39, 0.29) is 0 Å². The number of rotatable bonds is 7. The van der Waals surface area contributed by atoms with Crippen LogP contribution in [-0.4, -0.2) is 16.5 Å². The first-order chi connectivity index (χ1) is 12.7. The second kappa shape index (κ2) is 8.48. The van der Waals surface area contributed by atoms with Gasteiger partial charge in [0.1, 0.15) is 5.82 Å². The summed E-state index contributed by atoms with van der Waals surface area (Å²) in [6.07, 6.45) is 1.82. The van der Waals surface area contributed by atoms with E-state index >= 15 is 0 Å². The van der Waals surface area contributed by atoms with Gasteiger partial charge in [-0.2, -0.15) is 4.98 Å². The van der Waals surface area contributed by atoms with Crippen molar-refractivity contribution in [3.63, 3.8) is 0 Å². The quantitative estimate of drug-likeness (QED) is 0.624. The number of benzene rings is 2. The molecule has 0 aliphatic carbocycles. The van der Waals surface area contributed by atoms with Gasteiger partial charge in [-0.25, -0.2) is 4.98 Å². The van der Waals surface area contributed by atoms with Crippen molar-refractivity contribution in [2.45, 2.75) is 33.2 Å². The van der Waals surface area contributed by atoms with Crippen LogP contribution in [-0.2, 0) is 6.54 Å². The molecule has 3 aromatic rings. The van der Waals surface area contributed by atoms with Gasteiger partial charge < -0.3 is 10.2 Å². The molecule has 0 spiro atoms. The van der Waals surface area contributed by atoms with Crippen LogP contribution in [0, 0.1) is 0 Å². The summed E-state index contributed by atoms with van der Waals surface area (Å²) in [7, 11) is 0. The molecule has 0 aliphatic rings. The predicted octanol–water partition coefficient (Wildman–Crippen LogP) is 5.37. The Hall–Kier alpha value is -2.88. The molecule has 0 aliphatic heterocycles. The molecular formula is C22H26N4. The van der Waals surface area contributed by atoms with Gasteiger partial charge in [0.05, 0.1) is 0 Å². The van der Waals surface area contributed by atoms with Crippen LogP contribution in [0.1, 0.15) is 37.8 Å². The number of para-hydroxylation sites is 1. The van der Waals surface area contributed by atoms with Crippen molar-refractivity contribution in [1.82, 2.24) is 9.97 Å². The van der Waals surface area contributed by atoms with Gasteiger partial charge in [-0.15, -0.1) is 0 Å². The Morgan fingerprint density at radius 2 is 1.69 bits per heavy atom. The van der Waals surface area contributed by atoms with Crippen LogP contribution in [0.3, 0.4) is 0 Å². The lowest BCUT2D eigenvalue weighted by molar-refractivity contribution is 0.792. The van der Waals surface area contributed by atoms with Crippen molar-refractivity contribution in [1.29, 1.82) is 0 Å². The van der Waals surface area contributed by atoms with E-state index < -0.39 is 0 Å². The molecule has 134 valence electrons. The maximum absolute atomic E-state index is 4.74. The van der Waals surface area contributed by atoms with Gasteiger partial charge in [0, 0.05) is 25.0 Å².